The molecule has 0 spiro atoms. The van der Waals surface area contributed by atoms with Crippen LogP contribution in [0.15, 0.2) is 36.4 Å². The first-order valence-electron chi connectivity index (χ1n) is 8.59. The van der Waals surface area contributed by atoms with Crippen molar-refractivity contribution in [2.45, 2.75) is 20.8 Å². The Labute approximate surface area is 161 Å². The van der Waals surface area contributed by atoms with E-state index in [2.05, 4.69) is 14.8 Å². The first-order valence-corrected chi connectivity index (χ1v) is 9.37. The van der Waals surface area contributed by atoms with E-state index in [9.17, 15) is 4.79 Å². The number of nitrogens with zero attached hydrogens (tertiary/aromatic N) is 4. The Balaban J connectivity index is 1.89. The molecular weight excluding hydrogens is 358 g/mol. The minimum atomic E-state index is -0.179. The molecule has 0 atom stereocenters. The molecule has 0 aliphatic carbocycles. The third-order valence-electron chi connectivity index (χ3n) is 4.55. The van der Waals surface area contributed by atoms with Gasteiger partial charge in [0.05, 0.1) is 33.7 Å². The van der Waals surface area contributed by atoms with Crippen LogP contribution in [0, 0.1) is 20.8 Å². The largest absolute Gasteiger partial charge is 0.319 e. The van der Waals surface area contributed by atoms with E-state index in [1.807, 2.05) is 64.2 Å². The number of anilines is 1. The second-order valence-electron chi connectivity index (χ2n) is 6.48. The quantitative estimate of drug-likeness (QED) is 0.579. The normalized spacial score (nSPS) is 11.1. The van der Waals surface area contributed by atoms with E-state index in [-0.39, 0.29) is 5.91 Å². The van der Waals surface area contributed by atoms with Gasteiger partial charge in [0.25, 0.3) is 5.91 Å². The van der Waals surface area contributed by atoms with Crippen LogP contribution < -0.4 is 5.32 Å². The summed E-state index contributed by atoms with van der Waals surface area (Å²) in [5.74, 6) is -0.179. The number of benzene rings is 1. The number of carbonyl (C=O) groups is 1. The van der Waals surface area contributed by atoms with Crippen LogP contribution in [0.4, 0.5) is 5.69 Å². The predicted octanol–water partition coefficient (Wildman–Crippen LogP) is 4.27. The zero-order valence-electron chi connectivity index (χ0n) is 15.6. The molecule has 3 aromatic heterocycles. The highest BCUT2D eigenvalue weighted by Crippen LogP contribution is 2.29. The Bertz CT molecular complexity index is 1140. The summed E-state index contributed by atoms with van der Waals surface area (Å²) in [7, 11) is 1.84. The molecule has 0 bridgehead atoms. The second kappa shape index (κ2) is 6.59. The lowest BCUT2D eigenvalue weighted by Crippen LogP contribution is -2.14. The van der Waals surface area contributed by atoms with Crippen LogP contribution in [-0.4, -0.2) is 25.0 Å². The zero-order chi connectivity index (χ0) is 19.1. The van der Waals surface area contributed by atoms with Gasteiger partial charge in [0.15, 0.2) is 5.65 Å². The number of fused-ring (bicyclic) bond motifs is 1. The number of pyridine rings is 1. The van der Waals surface area contributed by atoms with Crippen molar-refractivity contribution < 1.29 is 4.79 Å². The summed E-state index contributed by atoms with van der Waals surface area (Å²) < 4.78 is 6.03. The van der Waals surface area contributed by atoms with Crippen molar-refractivity contribution in [1.82, 2.24) is 19.1 Å². The molecule has 7 heteroatoms. The average molecular weight is 377 g/mol. The summed E-state index contributed by atoms with van der Waals surface area (Å²) in [4.78, 5) is 18.9. The summed E-state index contributed by atoms with van der Waals surface area (Å²) in [5, 5.41) is 8.26. The number of hydrogen-bond donors (Lipinski definition) is 1. The van der Waals surface area contributed by atoms with Crippen molar-refractivity contribution >= 4 is 34.2 Å². The van der Waals surface area contributed by atoms with Gasteiger partial charge < -0.3 is 5.32 Å². The van der Waals surface area contributed by atoms with Gasteiger partial charge in [0.2, 0.25) is 0 Å². The topological polar surface area (TPSA) is 72.7 Å². The van der Waals surface area contributed by atoms with E-state index in [0.717, 1.165) is 38.6 Å². The van der Waals surface area contributed by atoms with Gasteiger partial charge in [-0.2, -0.15) is 9.47 Å². The second-order valence-corrected chi connectivity index (χ2v) is 7.46. The fraction of sp³-hybridized carbons (Fsp3) is 0.200. The average Bonchev–Trinajstić information content (AvgIpc) is 3.14. The number of aromatic nitrogens is 4. The number of aryl methyl sites for hydroxylation is 4. The maximum absolute atomic E-state index is 13.2. The number of rotatable bonds is 3. The lowest BCUT2D eigenvalue weighted by atomic mass is 10.0. The molecule has 3 heterocycles. The van der Waals surface area contributed by atoms with Gasteiger partial charge in [0.1, 0.15) is 0 Å². The van der Waals surface area contributed by atoms with Crippen LogP contribution in [0.1, 0.15) is 26.6 Å². The highest BCUT2D eigenvalue weighted by atomic mass is 32.1. The van der Waals surface area contributed by atoms with Crippen LogP contribution in [-0.2, 0) is 7.05 Å². The Morgan fingerprint density at radius 3 is 2.52 bits per heavy atom. The minimum Gasteiger partial charge on any atom is -0.319 e. The standard InChI is InChI=1S/C20H19N5OS/c1-11-17-15(20(26)22-18-12(2)24-27-13(18)3)10-16(14-8-6-5-7-9-14)21-19(17)25(4)23-11/h5-10H,1-4H3,(H,22,26). The van der Waals surface area contributed by atoms with Crippen LogP contribution in [0.3, 0.4) is 0 Å². The van der Waals surface area contributed by atoms with Gasteiger partial charge in [-0.3, -0.25) is 9.48 Å². The smallest absolute Gasteiger partial charge is 0.256 e. The molecule has 1 N–H and O–H groups in total. The van der Waals surface area contributed by atoms with Gasteiger partial charge >= 0.3 is 0 Å². The lowest BCUT2D eigenvalue weighted by molar-refractivity contribution is 0.102. The van der Waals surface area contributed by atoms with E-state index >= 15 is 0 Å². The Morgan fingerprint density at radius 2 is 1.85 bits per heavy atom. The summed E-state index contributed by atoms with van der Waals surface area (Å²) in [6, 6.07) is 11.7. The molecule has 27 heavy (non-hydrogen) atoms. The number of carbonyl (C=O) groups excluding carboxylic acids is 1. The third kappa shape index (κ3) is 3.00. The van der Waals surface area contributed by atoms with E-state index in [0.29, 0.717) is 11.2 Å². The van der Waals surface area contributed by atoms with Gasteiger partial charge in [0, 0.05) is 17.5 Å². The van der Waals surface area contributed by atoms with Gasteiger partial charge in [-0.15, -0.1) is 0 Å². The molecule has 1 aromatic carbocycles. The highest BCUT2D eigenvalue weighted by Gasteiger charge is 2.21. The molecule has 0 saturated heterocycles. The molecule has 0 saturated carbocycles. The van der Waals surface area contributed by atoms with Crippen LogP contribution in [0.25, 0.3) is 22.3 Å². The molecule has 1 amide bonds. The SMILES string of the molecule is Cc1nsc(C)c1NC(=O)c1cc(-c2ccccc2)nc2c1c(C)nn2C. The summed E-state index contributed by atoms with van der Waals surface area (Å²) in [5.41, 5.74) is 5.33. The van der Waals surface area contributed by atoms with Gasteiger partial charge in [-0.1, -0.05) is 30.3 Å². The third-order valence-corrected chi connectivity index (χ3v) is 5.40. The van der Waals surface area contributed by atoms with Crippen molar-refractivity contribution in [2.24, 2.45) is 7.05 Å². The number of hydrogen-bond acceptors (Lipinski definition) is 5. The van der Waals surface area contributed by atoms with E-state index in [1.54, 1.807) is 4.68 Å². The highest BCUT2D eigenvalue weighted by molar-refractivity contribution is 7.06. The molecule has 4 rings (SSSR count). The molecular formula is C20H19N5OS. The summed E-state index contributed by atoms with van der Waals surface area (Å²) >= 11 is 1.39. The molecule has 6 nitrogen and oxygen atoms in total. The molecule has 4 aromatic rings. The van der Waals surface area contributed by atoms with Crippen LogP contribution >= 0.6 is 11.5 Å². The van der Waals surface area contributed by atoms with E-state index < -0.39 is 0 Å². The Morgan fingerprint density at radius 1 is 1.11 bits per heavy atom. The zero-order valence-corrected chi connectivity index (χ0v) is 16.4. The van der Waals surface area contributed by atoms with Crippen molar-refractivity contribution in [3.05, 3.63) is 58.2 Å². The molecule has 0 radical (unpaired) electrons. The first-order chi connectivity index (χ1) is 13.0. The minimum absolute atomic E-state index is 0.179. The summed E-state index contributed by atoms with van der Waals surface area (Å²) in [6.45, 7) is 5.74. The molecule has 0 aliphatic heterocycles. The van der Waals surface area contributed by atoms with Crippen LogP contribution in [0.5, 0.6) is 0 Å². The molecule has 136 valence electrons. The number of amides is 1. The maximum Gasteiger partial charge on any atom is 0.256 e. The lowest BCUT2D eigenvalue weighted by Gasteiger charge is -2.10. The fourth-order valence-corrected chi connectivity index (χ4v) is 3.88. The maximum atomic E-state index is 13.2. The van der Waals surface area contributed by atoms with E-state index in [4.69, 9.17) is 4.98 Å². The van der Waals surface area contributed by atoms with Crippen LogP contribution in [0.2, 0.25) is 0 Å². The van der Waals surface area contributed by atoms with Crippen molar-refractivity contribution in [3.63, 3.8) is 0 Å². The molecule has 0 fully saturated rings. The van der Waals surface area contributed by atoms with Crippen molar-refractivity contribution in [1.29, 1.82) is 0 Å². The number of nitrogens with one attached hydrogen (secondary N) is 1. The summed E-state index contributed by atoms with van der Waals surface area (Å²) in [6.07, 6.45) is 0. The Hall–Kier alpha value is -3.06. The molecule has 0 aliphatic rings. The van der Waals surface area contributed by atoms with Gasteiger partial charge in [-0.05, 0) is 38.4 Å². The van der Waals surface area contributed by atoms with Crippen molar-refractivity contribution in [2.75, 3.05) is 5.32 Å². The molecule has 0 unspecified atom stereocenters. The van der Waals surface area contributed by atoms with E-state index in [1.165, 1.54) is 11.5 Å². The van der Waals surface area contributed by atoms with Crippen molar-refractivity contribution in [3.8, 4) is 11.3 Å². The first kappa shape index (κ1) is 17.4. The fourth-order valence-electron chi connectivity index (χ4n) is 3.22. The monoisotopic (exact) mass is 377 g/mol. The van der Waals surface area contributed by atoms with Gasteiger partial charge in [-0.25, -0.2) is 4.98 Å². The predicted molar refractivity (Wildman–Crippen MR) is 108 cm³/mol. The Kier molecular flexibility index (Phi) is 4.24.